The van der Waals surface area contributed by atoms with Crippen LogP contribution < -0.4 is 10.3 Å². The Hall–Kier alpha value is -3.45. The number of hydrogen-bond acceptors (Lipinski definition) is 4. The number of fused-ring (bicyclic) bond motifs is 2. The third-order valence-electron chi connectivity index (χ3n) is 5.37. The van der Waals surface area contributed by atoms with Crippen LogP contribution in [0.15, 0.2) is 80.8 Å². The number of anilines is 1. The highest BCUT2D eigenvalue weighted by Gasteiger charge is 2.43. The van der Waals surface area contributed by atoms with E-state index in [0.717, 1.165) is 11.0 Å². The predicted octanol–water partition coefficient (Wildman–Crippen LogP) is 5.54. The van der Waals surface area contributed by atoms with E-state index in [4.69, 9.17) is 4.42 Å². The average molecular weight is 435 g/mol. The van der Waals surface area contributed by atoms with E-state index in [2.05, 4.69) is 0 Å². The lowest BCUT2D eigenvalue weighted by atomic mass is 9.98. The minimum absolute atomic E-state index is 0.0678. The minimum atomic E-state index is -0.784. The van der Waals surface area contributed by atoms with E-state index >= 15 is 0 Å². The zero-order chi connectivity index (χ0) is 21.7. The first-order valence-corrected chi connectivity index (χ1v) is 10.7. The molecule has 0 N–H and O–H groups in total. The van der Waals surface area contributed by atoms with Gasteiger partial charge in [0.15, 0.2) is 5.43 Å². The molecule has 1 aromatic heterocycles. The summed E-state index contributed by atoms with van der Waals surface area (Å²) in [5.41, 5.74) is 0.927. The Bertz CT molecular complexity index is 1380. The molecule has 1 unspecified atom stereocenters. The molecule has 0 radical (unpaired) electrons. The Kier molecular flexibility index (Phi) is 4.63. The van der Waals surface area contributed by atoms with Crippen LogP contribution in [0.2, 0.25) is 0 Å². The first-order chi connectivity index (χ1) is 15.0. The average Bonchev–Trinajstić information content (AvgIpc) is 3.07. The number of nitrogens with zero attached hydrogens (tertiary/aromatic N) is 1. The summed E-state index contributed by atoms with van der Waals surface area (Å²) in [6, 6.07) is 15.8. The van der Waals surface area contributed by atoms with Gasteiger partial charge in [0.2, 0.25) is 5.76 Å². The van der Waals surface area contributed by atoms with Crippen LogP contribution in [0.3, 0.4) is 0 Å². The fourth-order valence-corrected chi connectivity index (χ4v) is 4.32. The number of thioether (sulfide) groups is 1. The molecule has 0 saturated heterocycles. The standard InChI is InChI=1S/C24H15F2NO3S/c1-31-17-9-2-13(3-10-17)21-20-22(28)18-12-15(26)6-11-19(18)30-23(20)24(29)27(21)16-7-4-14(25)5-8-16/h2-12,21H,1H3. The van der Waals surface area contributed by atoms with Crippen molar-refractivity contribution < 1.29 is 18.0 Å². The van der Waals surface area contributed by atoms with E-state index in [9.17, 15) is 18.4 Å². The number of benzene rings is 3. The van der Waals surface area contributed by atoms with Crippen LogP contribution >= 0.6 is 11.8 Å². The predicted molar refractivity (Wildman–Crippen MR) is 116 cm³/mol. The summed E-state index contributed by atoms with van der Waals surface area (Å²) < 4.78 is 33.1. The van der Waals surface area contributed by atoms with Crippen molar-refractivity contribution in [3.8, 4) is 0 Å². The van der Waals surface area contributed by atoms with E-state index < -0.39 is 29.0 Å². The first kappa shape index (κ1) is 19.5. The van der Waals surface area contributed by atoms with Gasteiger partial charge in [-0.3, -0.25) is 14.5 Å². The highest BCUT2D eigenvalue weighted by molar-refractivity contribution is 7.98. The Morgan fingerprint density at radius 2 is 1.58 bits per heavy atom. The molecule has 0 saturated carbocycles. The van der Waals surface area contributed by atoms with E-state index in [1.54, 1.807) is 11.8 Å². The molecule has 7 heteroatoms. The molecule has 154 valence electrons. The van der Waals surface area contributed by atoms with Gasteiger partial charge in [0, 0.05) is 10.6 Å². The summed E-state index contributed by atoms with van der Waals surface area (Å²) in [6.07, 6.45) is 1.95. The molecule has 1 aliphatic heterocycles. The third kappa shape index (κ3) is 3.13. The van der Waals surface area contributed by atoms with Gasteiger partial charge < -0.3 is 4.42 Å². The van der Waals surface area contributed by atoms with Crippen molar-refractivity contribution in [2.45, 2.75) is 10.9 Å². The molecule has 1 atom stereocenters. The fourth-order valence-electron chi connectivity index (χ4n) is 3.91. The zero-order valence-electron chi connectivity index (χ0n) is 16.3. The maximum Gasteiger partial charge on any atom is 0.295 e. The van der Waals surface area contributed by atoms with Crippen molar-refractivity contribution in [1.29, 1.82) is 0 Å². The van der Waals surface area contributed by atoms with Crippen LogP contribution in [0.5, 0.6) is 0 Å². The lowest BCUT2D eigenvalue weighted by Gasteiger charge is -2.25. The molecule has 1 aliphatic rings. The van der Waals surface area contributed by atoms with Crippen LogP contribution in [-0.2, 0) is 0 Å². The normalized spacial score (nSPS) is 15.5. The topological polar surface area (TPSA) is 50.5 Å². The molecular weight excluding hydrogens is 420 g/mol. The molecular formula is C24H15F2NO3S. The number of amides is 1. The van der Waals surface area contributed by atoms with E-state index in [1.807, 2.05) is 30.5 Å². The van der Waals surface area contributed by atoms with Crippen LogP contribution in [0.25, 0.3) is 11.0 Å². The molecule has 3 aromatic carbocycles. The fraction of sp³-hybridized carbons (Fsp3) is 0.0833. The van der Waals surface area contributed by atoms with E-state index in [-0.39, 0.29) is 22.3 Å². The van der Waals surface area contributed by atoms with Gasteiger partial charge in [0.1, 0.15) is 17.2 Å². The molecule has 31 heavy (non-hydrogen) atoms. The number of rotatable bonds is 3. The van der Waals surface area contributed by atoms with Gasteiger partial charge in [-0.1, -0.05) is 12.1 Å². The summed E-state index contributed by atoms with van der Waals surface area (Å²) >= 11 is 1.57. The highest BCUT2D eigenvalue weighted by Crippen LogP contribution is 2.41. The van der Waals surface area contributed by atoms with E-state index in [1.165, 1.54) is 41.3 Å². The van der Waals surface area contributed by atoms with Crippen molar-refractivity contribution >= 4 is 34.3 Å². The van der Waals surface area contributed by atoms with Gasteiger partial charge in [0.25, 0.3) is 5.91 Å². The summed E-state index contributed by atoms with van der Waals surface area (Å²) in [4.78, 5) is 29.2. The van der Waals surface area contributed by atoms with Crippen molar-refractivity contribution in [3.05, 3.63) is 105 Å². The summed E-state index contributed by atoms with van der Waals surface area (Å²) in [6.45, 7) is 0. The maximum absolute atomic E-state index is 13.8. The molecule has 2 heterocycles. The van der Waals surface area contributed by atoms with Crippen molar-refractivity contribution in [2.24, 2.45) is 0 Å². The quantitative estimate of drug-likeness (QED) is 0.397. The Balaban J connectivity index is 1.79. The van der Waals surface area contributed by atoms with Gasteiger partial charge in [-0.25, -0.2) is 8.78 Å². The molecule has 5 rings (SSSR count). The van der Waals surface area contributed by atoms with Gasteiger partial charge in [-0.05, 0) is 66.4 Å². The second-order valence-electron chi connectivity index (χ2n) is 7.14. The van der Waals surface area contributed by atoms with E-state index in [0.29, 0.717) is 11.3 Å². The molecule has 4 nitrogen and oxygen atoms in total. The van der Waals surface area contributed by atoms with Crippen molar-refractivity contribution in [3.63, 3.8) is 0 Å². The van der Waals surface area contributed by atoms with Crippen LogP contribution in [0, 0.1) is 11.6 Å². The van der Waals surface area contributed by atoms with Crippen LogP contribution in [0.1, 0.15) is 27.7 Å². The SMILES string of the molecule is CSc1ccc(C2c3c(oc4ccc(F)cc4c3=O)C(=O)N2c2ccc(F)cc2)cc1. The maximum atomic E-state index is 13.8. The molecule has 0 spiro atoms. The Labute approximate surface area is 180 Å². The lowest BCUT2D eigenvalue weighted by Crippen LogP contribution is -2.29. The molecule has 0 aliphatic carbocycles. The van der Waals surface area contributed by atoms with Crippen LogP contribution in [0.4, 0.5) is 14.5 Å². The lowest BCUT2D eigenvalue weighted by molar-refractivity contribution is 0.0971. The number of carbonyl (C=O) groups excluding carboxylic acids is 1. The second-order valence-corrected chi connectivity index (χ2v) is 8.02. The number of halogens is 2. The summed E-state index contributed by atoms with van der Waals surface area (Å²) in [5, 5.41) is 0.0678. The van der Waals surface area contributed by atoms with Crippen molar-refractivity contribution in [1.82, 2.24) is 0 Å². The van der Waals surface area contributed by atoms with Gasteiger partial charge in [0.05, 0.1) is 17.0 Å². The number of hydrogen-bond donors (Lipinski definition) is 0. The smallest absolute Gasteiger partial charge is 0.295 e. The Morgan fingerprint density at radius 3 is 2.26 bits per heavy atom. The minimum Gasteiger partial charge on any atom is -0.450 e. The highest BCUT2D eigenvalue weighted by atomic mass is 32.2. The number of carbonyl (C=O) groups is 1. The second kappa shape index (κ2) is 7.35. The molecule has 4 aromatic rings. The van der Waals surface area contributed by atoms with Gasteiger partial charge in [-0.2, -0.15) is 0 Å². The van der Waals surface area contributed by atoms with Crippen LogP contribution in [-0.4, -0.2) is 12.2 Å². The molecule has 0 fully saturated rings. The zero-order valence-corrected chi connectivity index (χ0v) is 17.1. The monoisotopic (exact) mass is 435 g/mol. The van der Waals surface area contributed by atoms with Gasteiger partial charge >= 0.3 is 0 Å². The largest absolute Gasteiger partial charge is 0.450 e. The summed E-state index contributed by atoms with van der Waals surface area (Å²) in [5.74, 6) is -1.61. The van der Waals surface area contributed by atoms with Crippen molar-refractivity contribution in [2.75, 3.05) is 11.2 Å². The summed E-state index contributed by atoms with van der Waals surface area (Å²) in [7, 11) is 0. The first-order valence-electron chi connectivity index (χ1n) is 9.47. The van der Waals surface area contributed by atoms with Gasteiger partial charge in [-0.15, -0.1) is 11.8 Å². The Morgan fingerprint density at radius 1 is 0.903 bits per heavy atom. The molecule has 1 amide bonds. The molecule has 0 bridgehead atoms. The third-order valence-corrected chi connectivity index (χ3v) is 6.11.